The molecule has 0 aromatic carbocycles. The number of rotatable bonds is 10. The highest BCUT2D eigenvalue weighted by atomic mass is 32.1. The van der Waals surface area contributed by atoms with Crippen LogP contribution in [0.5, 0.6) is 0 Å². The Kier molecular flexibility index (Phi) is 7.91. The summed E-state index contributed by atoms with van der Waals surface area (Å²) in [6.45, 7) is 6.97. The Morgan fingerprint density at radius 1 is 1.28 bits per heavy atom. The molecule has 0 saturated heterocycles. The van der Waals surface area contributed by atoms with E-state index in [0.29, 0.717) is 13.2 Å². The number of nitrogens with zero attached hydrogens (tertiary/aromatic N) is 2. The minimum absolute atomic E-state index is 0.700. The van der Waals surface area contributed by atoms with Gasteiger partial charge in [0, 0.05) is 39.2 Å². The number of anilines is 1. The topological polar surface area (TPSA) is 46.6 Å². The number of hydrogen-bond acceptors (Lipinski definition) is 6. The molecule has 104 valence electrons. The molecule has 0 radical (unpaired) electrons. The summed E-state index contributed by atoms with van der Waals surface area (Å²) >= 11 is 1.67. The first-order valence-electron chi connectivity index (χ1n) is 6.19. The number of methoxy groups -OCH3 is 2. The standard InChI is InChI=1S/C12H23N3O2S/c1-4-13-9-11-10-18-12(14-11)15(5-7-16-2)6-8-17-3/h10,13H,4-9H2,1-3H3. The van der Waals surface area contributed by atoms with Gasteiger partial charge >= 0.3 is 0 Å². The van der Waals surface area contributed by atoms with Gasteiger partial charge in [-0.15, -0.1) is 11.3 Å². The number of thiazole rings is 1. The fraction of sp³-hybridized carbons (Fsp3) is 0.750. The van der Waals surface area contributed by atoms with Gasteiger partial charge in [0.1, 0.15) is 0 Å². The molecule has 6 heteroatoms. The van der Waals surface area contributed by atoms with Gasteiger partial charge in [0.15, 0.2) is 5.13 Å². The van der Waals surface area contributed by atoms with Gasteiger partial charge in [0.25, 0.3) is 0 Å². The number of ether oxygens (including phenoxy) is 2. The summed E-state index contributed by atoms with van der Waals surface area (Å²) < 4.78 is 10.3. The Morgan fingerprint density at radius 2 is 1.94 bits per heavy atom. The summed E-state index contributed by atoms with van der Waals surface area (Å²) in [5, 5.41) is 6.42. The molecule has 1 heterocycles. The second-order valence-corrected chi connectivity index (χ2v) is 4.71. The highest BCUT2D eigenvalue weighted by molar-refractivity contribution is 7.13. The second-order valence-electron chi connectivity index (χ2n) is 3.87. The molecule has 0 fully saturated rings. The molecule has 0 amide bonds. The maximum atomic E-state index is 5.13. The van der Waals surface area contributed by atoms with E-state index < -0.39 is 0 Å². The van der Waals surface area contributed by atoms with E-state index in [9.17, 15) is 0 Å². The van der Waals surface area contributed by atoms with Crippen molar-refractivity contribution < 1.29 is 9.47 Å². The fourth-order valence-electron chi connectivity index (χ4n) is 1.48. The zero-order valence-electron chi connectivity index (χ0n) is 11.4. The number of nitrogens with one attached hydrogen (secondary N) is 1. The van der Waals surface area contributed by atoms with Gasteiger partial charge in [-0.1, -0.05) is 6.92 Å². The quantitative estimate of drug-likeness (QED) is 0.697. The largest absolute Gasteiger partial charge is 0.383 e. The third-order valence-electron chi connectivity index (χ3n) is 2.50. The third kappa shape index (κ3) is 5.30. The zero-order valence-corrected chi connectivity index (χ0v) is 12.3. The van der Waals surface area contributed by atoms with Crippen LogP contribution >= 0.6 is 11.3 Å². The van der Waals surface area contributed by atoms with Crippen LogP contribution in [-0.4, -0.2) is 52.1 Å². The molecule has 0 atom stereocenters. The van der Waals surface area contributed by atoms with E-state index in [4.69, 9.17) is 9.47 Å². The summed E-state index contributed by atoms with van der Waals surface area (Å²) in [7, 11) is 3.43. The van der Waals surface area contributed by atoms with Crippen molar-refractivity contribution in [2.45, 2.75) is 13.5 Å². The number of aromatic nitrogens is 1. The molecule has 0 saturated carbocycles. The zero-order chi connectivity index (χ0) is 13.2. The van der Waals surface area contributed by atoms with E-state index in [1.807, 2.05) is 0 Å². The Balaban J connectivity index is 2.56. The van der Waals surface area contributed by atoms with Gasteiger partial charge in [-0.05, 0) is 6.54 Å². The maximum Gasteiger partial charge on any atom is 0.185 e. The van der Waals surface area contributed by atoms with Crippen molar-refractivity contribution in [3.63, 3.8) is 0 Å². The fourth-order valence-corrected chi connectivity index (χ4v) is 2.36. The Labute approximate surface area is 113 Å². The van der Waals surface area contributed by atoms with Crippen LogP contribution in [0.4, 0.5) is 5.13 Å². The molecule has 0 aliphatic carbocycles. The van der Waals surface area contributed by atoms with Gasteiger partial charge in [-0.25, -0.2) is 4.98 Å². The van der Waals surface area contributed by atoms with Gasteiger partial charge < -0.3 is 19.7 Å². The molecular weight excluding hydrogens is 250 g/mol. The lowest BCUT2D eigenvalue weighted by Crippen LogP contribution is -2.30. The minimum Gasteiger partial charge on any atom is -0.383 e. The summed E-state index contributed by atoms with van der Waals surface area (Å²) in [5.41, 5.74) is 1.09. The monoisotopic (exact) mass is 273 g/mol. The first-order valence-corrected chi connectivity index (χ1v) is 7.07. The van der Waals surface area contributed by atoms with Crippen LogP contribution in [0.1, 0.15) is 12.6 Å². The Hall–Kier alpha value is -0.690. The van der Waals surface area contributed by atoms with E-state index in [1.165, 1.54) is 0 Å². The average molecular weight is 273 g/mol. The second kappa shape index (κ2) is 9.27. The summed E-state index contributed by atoms with van der Waals surface area (Å²) in [6.07, 6.45) is 0. The maximum absolute atomic E-state index is 5.13. The first kappa shape index (κ1) is 15.4. The first-order chi connectivity index (χ1) is 8.81. The lowest BCUT2D eigenvalue weighted by molar-refractivity contribution is 0.190. The summed E-state index contributed by atoms with van der Waals surface area (Å²) in [4.78, 5) is 6.83. The van der Waals surface area contributed by atoms with Gasteiger partial charge in [-0.2, -0.15) is 0 Å². The van der Waals surface area contributed by atoms with Crippen LogP contribution in [0.25, 0.3) is 0 Å². The van der Waals surface area contributed by atoms with Crippen molar-refractivity contribution in [2.75, 3.05) is 52.0 Å². The van der Waals surface area contributed by atoms with Crippen LogP contribution in [0.3, 0.4) is 0 Å². The molecule has 0 spiro atoms. The highest BCUT2D eigenvalue weighted by Crippen LogP contribution is 2.20. The molecule has 18 heavy (non-hydrogen) atoms. The van der Waals surface area contributed by atoms with Crippen LogP contribution in [-0.2, 0) is 16.0 Å². The summed E-state index contributed by atoms with van der Waals surface area (Å²) in [5.74, 6) is 0. The van der Waals surface area contributed by atoms with E-state index in [-0.39, 0.29) is 0 Å². The average Bonchev–Trinajstić information content (AvgIpc) is 2.85. The molecule has 1 aromatic rings. The highest BCUT2D eigenvalue weighted by Gasteiger charge is 2.10. The molecule has 1 rings (SSSR count). The Morgan fingerprint density at radius 3 is 2.50 bits per heavy atom. The van der Waals surface area contributed by atoms with Crippen molar-refractivity contribution in [1.82, 2.24) is 10.3 Å². The molecule has 1 N–H and O–H groups in total. The van der Waals surface area contributed by atoms with E-state index >= 15 is 0 Å². The molecule has 0 bridgehead atoms. The van der Waals surface area contributed by atoms with Gasteiger partial charge in [0.2, 0.25) is 0 Å². The molecule has 5 nitrogen and oxygen atoms in total. The lowest BCUT2D eigenvalue weighted by atomic mass is 10.5. The van der Waals surface area contributed by atoms with E-state index in [2.05, 4.69) is 27.5 Å². The van der Waals surface area contributed by atoms with E-state index in [1.54, 1.807) is 25.6 Å². The third-order valence-corrected chi connectivity index (χ3v) is 3.45. The molecule has 1 aromatic heterocycles. The molecular formula is C12H23N3O2S. The van der Waals surface area contributed by atoms with Crippen LogP contribution in [0.2, 0.25) is 0 Å². The normalized spacial score (nSPS) is 10.8. The predicted molar refractivity (Wildman–Crippen MR) is 75.5 cm³/mol. The molecule has 0 aliphatic heterocycles. The van der Waals surface area contributed by atoms with Crippen molar-refractivity contribution in [2.24, 2.45) is 0 Å². The van der Waals surface area contributed by atoms with E-state index in [0.717, 1.165) is 37.0 Å². The van der Waals surface area contributed by atoms with Crippen LogP contribution in [0, 0.1) is 0 Å². The number of hydrogen-bond donors (Lipinski definition) is 1. The van der Waals surface area contributed by atoms with Crippen molar-refractivity contribution >= 4 is 16.5 Å². The Bertz CT molecular complexity index is 312. The van der Waals surface area contributed by atoms with Crippen molar-refractivity contribution in [1.29, 1.82) is 0 Å². The smallest absolute Gasteiger partial charge is 0.185 e. The van der Waals surface area contributed by atoms with Gasteiger partial charge in [-0.3, -0.25) is 0 Å². The van der Waals surface area contributed by atoms with Crippen LogP contribution in [0.15, 0.2) is 5.38 Å². The summed E-state index contributed by atoms with van der Waals surface area (Å²) in [6, 6.07) is 0. The van der Waals surface area contributed by atoms with Crippen molar-refractivity contribution in [3.05, 3.63) is 11.1 Å². The van der Waals surface area contributed by atoms with Gasteiger partial charge in [0.05, 0.1) is 18.9 Å². The van der Waals surface area contributed by atoms with Crippen molar-refractivity contribution in [3.8, 4) is 0 Å². The lowest BCUT2D eigenvalue weighted by Gasteiger charge is -2.20. The predicted octanol–water partition coefficient (Wildman–Crippen LogP) is 1.35. The molecule has 0 unspecified atom stereocenters. The minimum atomic E-state index is 0.700. The molecule has 0 aliphatic rings. The SMILES string of the molecule is CCNCc1csc(N(CCOC)CCOC)n1. The van der Waals surface area contributed by atoms with Crippen LogP contribution < -0.4 is 10.2 Å².